The molecule has 2 N–H and O–H groups in total. The van der Waals surface area contributed by atoms with Gasteiger partial charge in [-0.25, -0.2) is 9.59 Å². The number of urea groups is 1. The second-order valence-corrected chi connectivity index (χ2v) is 5.90. The van der Waals surface area contributed by atoms with Gasteiger partial charge in [-0.3, -0.25) is 0 Å². The van der Waals surface area contributed by atoms with E-state index >= 15 is 0 Å². The van der Waals surface area contributed by atoms with E-state index in [1.54, 1.807) is 6.92 Å². The third-order valence-electron chi connectivity index (χ3n) is 2.91. The van der Waals surface area contributed by atoms with Gasteiger partial charge < -0.3 is 15.4 Å². The molecule has 1 aliphatic heterocycles. The summed E-state index contributed by atoms with van der Waals surface area (Å²) in [6, 6.07) is 1.14. The van der Waals surface area contributed by atoms with Crippen molar-refractivity contribution in [2.75, 3.05) is 6.61 Å². The normalized spacial score (nSPS) is 18.8. The molecule has 0 saturated heterocycles. The Labute approximate surface area is 122 Å². The monoisotopic (exact) mass is 294 g/mol. The molecular weight excluding hydrogens is 276 g/mol. The zero-order valence-corrected chi connectivity index (χ0v) is 12.5. The third kappa shape index (κ3) is 3.19. The first kappa shape index (κ1) is 14.6. The molecule has 1 aliphatic rings. The van der Waals surface area contributed by atoms with E-state index in [0.717, 1.165) is 5.56 Å². The van der Waals surface area contributed by atoms with Crippen LogP contribution in [0.25, 0.3) is 0 Å². The molecule has 6 heteroatoms. The van der Waals surface area contributed by atoms with Gasteiger partial charge in [-0.1, -0.05) is 13.8 Å². The molecule has 0 radical (unpaired) electrons. The molecule has 1 atom stereocenters. The Balaban J connectivity index is 2.27. The van der Waals surface area contributed by atoms with Crippen LogP contribution in [0, 0.1) is 5.92 Å². The number of hydrogen-bond donors (Lipinski definition) is 2. The predicted octanol–water partition coefficient (Wildman–Crippen LogP) is 2.58. The van der Waals surface area contributed by atoms with Gasteiger partial charge in [-0.2, -0.15) is 11.3 Å². The fraction of sp³-hybridized carbons (Fsp3) is 0.429. The lowest BCUT2D eigenvalue weighted by Gasteiger charge is -2.27. The number of nitrogens with one attached hydrogen (secondary N) is 2. The van der Waals surface area contributed by atoms with Gasteiger partial charge in [0.1, 0.15) is 0 Å². The summed E-state index contributed by atoms with van der Waals surface area (Å²) in [5.41, 5.74) is 1.89. The number of hydrogen-bond acceptors (Lipinski definition) is 4. The summed E-state index contributed by atoms with van der Waals surface area (Å²) in [5, 5.41) is 9.22. The summed E-state index contributed by atoms with van der Waals surface area (Å²) in [5.74, 6) is -0.120. The number of carbonyl (C=O) groups is 2. The molecule has 0 saturated carbocycles. The lowest BCUT2D eigenvalue weighted by molar-refractivity contribution is -0.140. The van der Waals surface area contributed by atoms with Crippen molar-refractivity contribution < 1.29 is 14.3 Å². The van der Waals surface area contributed by atoms with Crippen LogP contribution < -0.4 is 10.6 Å². The van der Waals surface area contributed by atoms with Crippen LogP contribution in [-0.4, -0.2) is 18.6 Å². The van der Waals surface area contributed by atoms with Crippen molar-refractivity contribution in [2.24, 2.45) is 5.92 Å². The van der Waals surface area contributed by atoms with Crippen LogP contribution in [0.15, 0.2) is 28.1 Å². The lowest BCUT2D eigenvalue weighted by atomic mass is 9.98. The largest absolute Gasteiger partial charge is 0.462 e. The number of rotatable bonds is 4. The average molecular weight is 294 g/mol. The first-order valence-electron chi connectivity index (χ1n) is 6.46. The van der Waals surface area contributed by atoms with Crippen LogP contribution in [-0.2, 0) is 9.53 Å². The Morgan fingerprint density at radius 1 is 1.50 bits per heavy atom. The Bertz CT molecular complexity index is 535. The van der Waals surface area contributed by atoms with Crippen LogP contribution in [0.4, 0.5) is 4.79 Å². The number of thiophene rings is 1. The van der Waals surface area contributed by atoms with E-state index < -0.39 is 6.04 Å². The molecule has 2 heterocycles. The van der Waals surface area contributed by atoms with Crippen molar-refractivity contribution in [1.82, 2.24) is 10.6 Å². The summed E-state index contributed by atoms with van der Waals surface area (Å²) in [7, 11) is 0. The van der Waals surface area contributed by atoms with Gasteiger partial charge in [-0.05, 0) is 35.2 Å². The summed E-state index contributed by atoms with van der Waals surface area (Å²) < 4.78 is 5.29. The van der Waals surface area contributed by atoms with Crippen LogP contribution >= 0.6 is 11.3 Å². The molecule has 0 fully saturated rings. The maximum atomic E-state index is 12.3. The van der Waals surface area contributed by atoms with Crippen molar-refractivity contribution >= 4 is 23.3 Å². The first-order valence-corrected chi connectivity index (χ1v) is 7.40. The van der Waals surface area contributed by atoms with Crippen molar-refractivity contribution in [3.63, 3.8) is 0 Å². The Morgan fingerprint density at radius 3 is 2.85 bits per heavy atom. The quantitative estimate of drug-likeness (QED) is 0.839. The van der Waals surface area contributed by atoms with Crippen molar-refractivity contribution in [3.05, 3.63) is 33.7 Å². The minimum absolute atomic E-state index is 0.269. The van der Waals surface area contributed by atoms with Crippen LogP contribution in [0.3, 0.4) is 0 Å². The van der Waals surface area contributed by atoms with E-state index in [1.807, 2.05) is 30.7 Å². The summed E-state index contributed by atoms with van der Waals surface area (Å²) >= 11 is 1.52. The minimum atomic E-state index is -0.449. The summed E-state index contributed by atoms with van der Waals surface area (Å²) in [4.78, 5) is 23.9. The van der Waals surface area contributed by atoms with E-state index in [4.69, 9.17) is 4.74 Å². The second kappa shape index (κ2) is 6.09. The molecule has 0 bridgehead atoms. The van der Waals surface area contributed by atoms with Gasteiger partial charge in [0.15, 0.2) is 0 Å². The number of amides is 2. The molecule has 0 aromatic carbocycles. The number of esters is 1. The predicted molar refractivity (Wildman–Crippen MR) is 77.2 cm³/mol. The molecule has 2 rings (SSSR count). The van der Waals surface area contributed by atoms with E-state index in [1.165, 1.54) is 11.3 Å². The molecule has 0 spiro atoms. The average Bonchev–Trinajstić information content (AvgIpc) is 2.88. The van der Waals surface area contributed by atoms with Gasteiger partial charge in [0.25, 0.3) is 0 Å². The van der Waals surface area contributed by atoms with Crippen molar-refractivity contribution in [1.29, 1.82) is 0 Å². The maximum Gasteiger partial charge on any atom is 0.338 e. The first-order chi connectivity index (χ1) is 9.49. The van der Waals surface area contributed by atoms with Gasteiger partial charge in [-0.15, -0.1) is 0 Å². The highest BCUT2D eigenvalue weighted by Crippen LogP contribution is 2.28. The summed E-state index contributed by atoms with van der Waals surface area (Å²) in [6.07, 6.45) is 0. The molecule has 1 aromatic heterocycles. The number of allylic oxidation sites excluding steroid dienone is 1. The number of carbonyl (C=O) groups excluding carboxylic acids is 2. The van der Waals surface area contributed by atoms with E-state index in [9.17, 15) is 9.59 Å². The highest BCUT2D eigenvalue weighted by atomic mass is 32.1. The van der Waals surface area contributed by atoms with Crippen LogP contribution in [0.1, 0.15) is 32.4 Å². The molecule has 0 unspecified atom stereocenters. The highest BCUT2D eigenvalue weighted by molar-refractivity contribution is 7.08. The fourth-order valence-electron chi connectivity index (χ4n) is 1.97. The molecule has 1 aromatic rings. The molecule has 2 amide bonds. The second-order valence-electron chi connectivity index (χ2n) is 5.12. The Hall–Kier alpha value is -1.82. The van der Waals surface area contributed by atoms with Crippen LogP contribution in [0.2, 0.25) is 0 Å². The molecule has 108 valence electrons. The standard InChI is InChI=1S/C14H18N2O3S/c1-8(2)6-19-13(17)11-9(3)15-14(18)16-12(11)10-4-5-20-7-10/h4-5,7-8,12H,6H2,1-3H3,(H2,15,16,18)/t12-/m1/s1. The van der Waals surface area contributed by atoms with Crippen molar-refractivity contribution in [2.45, 2.75) is 26.8 Å². The maximum absolute atomic E-state index is 12.3. The van der Waals surface area contributed by atoms with E-state index in [0.29, 0.717) is 17.9 Å². The van der Waals surface area contributed by atoms with Gasteiger partial charge in [0, 0.05) is 5.70 Å². The van der Waals surface area contributed by atoms with Gasteiger partial charge in [0.2, 0.25) is 0 Å². The van der Waals surface area contributed by atoms with Crippen molar-refractivity contribution in [3.8, 4) is 0 Å². The molecule has 20 heavy (non-hydrogen) atoms. The zero-order valence-electron chi connectivity index (χ0n) is 11.7. The number of ether oxygens (including phenoxy) is 1. The molecule has 5 nitrogen and oxygen atoms in total. The van der Waals surface area contributed by atoms with E-state index in [-0.39, 0.29) is 17.9 Å². The Morgan fingerprint density at radius 2 is 2.25 bits per heavy atom. The van der Waals surface area contributed by atoms with Gasteiger partial charge in [0.05, 0.1) is 18.2 Å². The minimum Gasteiger partial charge on any atom is -0.462 e. The Kier molecular flexibility index (Phi) is 4.44. The third-order valence-corrected chi connectivity index (χ3v) is 3.61. The van der Waals surface area contributed by atoms with Crippen LogP contribution in [0.5, 0.6) is 0 Å². The topological polar surface area (TPSA) is 67.4 Å². The molecular formula is C14H18N2O3S. The molecule has 0 aliphatic carbocycles. The van der Waals surface area contributed by atoms with Gasteiger partial charge >= 0.3 is 12.0 Å². The lowest BCUT2D eigenvalue weighted by Crippen LogP contribution is -2.45. The SMILES string of the molecule is CC1=C(C(=O)OCC(C)C)[C@@H](c2ccsc2)NC(=O)N1. The van der Waals surface area contributed by atoms with E-state index in [2.05, 4.69) is 10.6 Å². The highest BCUT2D eigenvalue weighted by Gasteiger charge is 2.32. The summed E-state index contributed by atoms with van der Waals surface area (Å²) in [6.45, 7) is 6.03. The zero-order chi connectivity index (χ0) is 14.7. The smallest absolute Gasteiger partial charge is 0.338 e. The fourth-order valence-corrected chi connectivity index (χ4v) is 2.66.